The Morgan fingerprint density at radius 2 is 0.812 bits per heavy atom. The topological polar surface area (TPSA) is 59.8 Å². The van der Waals surface area contributed by atoms with E-state index in [2.05, 4.69) is 58.7 Å². The summed E-state index contributed by atoms with van der Waals surface area (Å²) in [5.74, 6) is 0. The first-order chi connectivity index (χ1) is 23.6. The number of halogens is 1. The third-order valence-corrected chi connectivity index (χ3v) is 24.4. The summed E-state index contributed by atoms with van der Waals surface area (Å²) < 4.78 is 39.2. The van der Waals surface area contributed by atoms with Gasteiger partial charge in [-0.1, -0.05) is 37.6 Å². The van der Waals surface area contributed by atoms with E-state index in [4.69, 9.17) is 25.4 Å². The third kappa shape index (κ3) is 6.90. The van der Waals surface area contributed by atoms with E-state index in [0.717, 1.165) is 102 Å². The zero-order chi connectivity index (χ0) is 33.0. The molecule has 0 atom stereocenters. The highest BCUT2D eigenvalue weighted by Gasteiger charge is 2.50. The minimum absolute atomic E-state index is 0.722. The van der Waals surface area contributed by atoms with Gasteiger partial charge in [-0.15, -0.1) is 0 Å². The molecule has 0 N–H and O–H groups in total. The number of nitrogens with zero attached hydrogens (tertiary/aromatic N) is 10. The van der Waals surface area contributed by atoms with E-state index in [1.165, 1.54) is 77.0 Å². The Kier molecular flexibility index (Phi) is 12.3. The highest BCUT2D eigenvalue weighted by molar-refractivity contribution is 7.76. The van der Waals surface area contributed by atoms with Gasteiger partial charge in [-0.25, -0.2) is 37.4 Å². The molecule has 10 nitrogen and oxygen atoms in total. The van der Waals surface area contributed by atoms with Crippen molar-refractivity contribution in [2.45, 2.75) is 90.9 Å². The summed E-state index contributed by atoms with van der Waals surface area (Å²) in [5.41, 5.74) is 0.872. The van der Waals surface area contributed by atoms with Crippen LogP contribution in [0.1, 0.15) is 90.9 Å². The Labute approximate surface area is 297 Å². The lowest BCUT2D eigenvalue weighted by Crippen LogP contribution is -2.39. The molecule has 0 radical (unpaired) electrons. The Hall–Kier alpha value is -0.0800. The van der Waals surface area contributed by atoms with Crippen molar-refractivity contribution in [2.75, 3.05) is 91.6 Å². The fourth-order valence-electron chi connectivity index (χ4n) is 9.06. The van der Waals surface area contributed by atoms with Crippen LogP contribution in [0.15, 0.2) is 38.0 Å². The number of rotatable bonds is 12. The quantitative estimate of drug-likeness (QED) is 0.198. The van der Waals surface area contributed by atoms with Crippen LogP contribution in [0.3, 0.4) is 0 Å². The molecule has 270 valence electrons. The summed E-state index contributed by atoms with van der Waals surface area (Å²) in [5, 5.41) is 0.722. The van der Waals surface area contributed by atoms with Crippen molar-refractivity contribution in [1.82, 2.24) is 32.7 Å². The molecule has 6 aliphatic rings. The first-order valence-electron chi connectivity index (χ1n) is 19.5. The lowest BCUT2D eigenvalue weighted by Gasteiger charge is -2.49. The van der Waals surface area contributed by atoms with E-state index in [1.54, 1.807) is 0 Å². The predicted molar refractivity (Wildman–Crippen MR) is 207 cm³/mol. The van der Waals surface area contributed by atoms with Gasteiger partial charge in [-0.3, -0.25) is 0 Å². The molecule has 0 saturated carbocycles. The average Bonchev–Trinajstić information content (AvgIpc) is 3.96. The van der Waals surface area contributed by atoms with Gasteiger partial charge >= 0.3 is 0 Å². The molecule has 0 bridgehead atoms. The zero-order valence-electron chi connectivity index (χ0n) is 29.9. The van der Waals surface area contributed by atoms with Crippen molar-refractivity contribution in [3.63, 3.8) is 0 Å². The molecule has 0 unspecified atom stereocenters. The Morgan fingerprint density at radius 3 is 1.08 bits per heavy atom. The fraction of sp³-hybridized carbons (Fsp3) is 0.824. The number of benzene rings is 1. The third-order valence-electron chi connectivity index (χ3n) is 11.5. The van der Waals surface area contributed by atoms with Gasteiger partial charge in [-0.2, -0.15) is 9.03 Å². The van der Waals surface area contributed by atoms with Crippen LogP contribution in [0, 0.1) is 0 Å². The van der Waals surface area contributed by atoms with Gasteiger partial charge in [0.1, 0.15) is 0 Å². The SMILES string of the molecule is CCN(CC)P(=Nc1ccccc1Cl)(N=P(N1CCCC1)(N1CCCC1)N1CCCC1)N=P(N1CCCC1)(N1CCCC1)N1CCCC1. The highest BCUT2D eigenvalue weighted by Crippen LogP contribution is 2.78. The van der Waals surface area contributed by atoms with Gasteiger partial charge < -0.3 is 0 Å². The van der Waals surface area contributed by atoms with Crippen LogP contribution in [0.4, 0.5) is 5.69 Å². The summed E-state index contributed by atoms with van der Waals surface area (Å²) >= 11 is 7.10. The van der Waals surface area contributed by atoms with E-state index >= 15 is 0 Å². The van der Waals surface area contributed by atoms with E-state index in [-0.39, 0.29) is 0 Å². The molecule has 48 heavy (non-hydrogen) atoms. The van der Waals surface area contributed by atoms with Crippen LogP contribution < -0.4 is 0 Å². The molecule has 0 spiro atoms. The van der Waals surface area contributed by atoms with Gasteiger partial charge in [0.2, 0.25) is 0 Å². The molecule has 1 aromatic carbocycles. The molecule has 6 heterocycles. The second-order valence-electron chi connectivity index (χ2n) is 14.4. The van der Waals surface area contributed by atoms with Crippen molar-refractivity contribution in [3.8, 4) is 0 Å². The summed E-state index contributed by atoms with van der Waals surface area (Å²) in [6.45, 7) is 20.1. The normalized spacial score (nSPS) is 24.9. The van der Waals surface area contributed by atoms with Crippen LogP contribution in [0.2, 0.25) is 5.02 Å². The second-order valence-corrected chi connectivity index (χ2v) is 23.7. The minimum Gasteiger partial charge on any atom is -0.245 e. The van der Waals surface area contributed by atoms with Gasteiger partial charge in [0.05, 0.1) is 10.7 Å². The first-order valence-corrected chi connectivity index (χ1v) is 24.7. The van der Waals surface area contributed by atoms with Crippen molar-refractivity contribution in [1.29, 1.82) is 0 Å². The molecule has 14 heteroatoms. The number of hydrogen-bond acceptors (Lipinski definition) is 1. The number of hydrogen-bond donors (Lipinski definition) is 0. The molecule has 0 aromatic heterocycles. The van der Waals surface area contributed by atoms with Crippen LogP contribution in [-0.2, 0) is 0 Å². The summed E-state index contributed by atoms with van der Waals surface area (Å²) in [4.78, 5) is 0. The van der Waals surface area contributed by atoms with Gasteiger partial charge in [0, 0.05) is 91.6 Å². The standard InChI is InChI=1S/C34H62ClN10P3/c1-3-39(4-2)46(36-34-20-6-5-19-33(34)35,37-47(40-21-7-8-22-40,41-23-9-10-24-41)42-25-11-12-26-42)38-48(43-27-13-14-28-43,44-29-15-16-30-44)45-31-17-18-32-45/h5-6,19-20H,3-4,7-18,21-32H2,1-2H3. The Morgan fingerprint density at radius 1 is 0.521 bits per heavy atom. The maximum atomic E-state index is 7.10. The zero-order valence-corrected chi connectivity index (χ0v) is 33.3. The summed E-state index contributed by atoms with van der Waals surface area (Å²) in [6.07, 6.45) is 15.2. The molecule has 6 saturated heterocycles. The van der Waals surface area contributed by atoms with Crippen LogP contribution >= 0.6 is 34.1 Å². The largest absolute Gasteiger partial charge is 0.265 e. The van der Waals surface area contributed by atoms with E-state index in [0.29, 0.717) is 0 Å². The van der Waals surface area contributed by atoms with Crippen LogP contribution in [0.25, 0.3) is 0 Å². The minimum atomic E-state index is -2.94. The lowest BCUT2D eigenvalue weighted by atomic mass is 10.3. The fourth-order valence-corrected chi connectivity index (χ4v) is 24.7. The van der Waals surface area contributed by atoms with Crippen molar-refractivity contribution in [2.24, 2.45) is 13.8 Å². The van der Waals surface area contributed by atoms with Crippen LogP contribution in [0.5, 0.6) is 0 Å². The van der Waals surface area contributed by atoms with Crippen molar-refractivity contribution in [3.05, 3.63) is 29.3 Å². The lowest BCUT2D eigenvalue weighted by molar-refractivity contribution is 0.382. The molecule has 6 aliphatic heterocycles. The molecule has 7 rings (SSSR count). The maximum absolute atomic E-state index is 7.10. The molecular formula is C34H62ClN10P3. The van der Waals surface area contributed by atoms with Crippen molar-refractivity contribution >= 4 is 39.8 Å². The van der Waals surface area contributed by atoms with E-state index < -0.39 is 22.5 Å². The molecular weight excluding hydrogens is 677 g/mol. The summed E-state index contributed by atoms with van der Waals surface area (Å²) in [6, 6.07) is 8.30. The smallest absolute Gasteiger partial charge is 0.245 e. The first kappa shape index (κ1) is 36.3. The van der Waals surface area contributed by atoms with Gasteiger partial charge in [-0.05, 0) is 89.2 Å². The Bertz CT molecular complexity index is 1220. The van der Waals surface area contributed by atoms with Gasteiger partial charge in [0.15, 0.2) is 15.0 Å². The van der Waals surface area contributed by atoms with Gasteiger partial charge in [0.25, 0.3) is 7.51 Å². The summed E-state index contributed by atoms with van der Waals surface area (Å²) in [7, 11) is -7.56. The molecule has 1 aromatic rings. The van der Waals surface area contributed by atoms with E-state index in [9.17, 15) is 0 Å². The highest BCUT2D eigenvalue weighted by atomic mass is 35.5. The predicted octanol–water partition coefficient (Wildman–Crippen LogP) is 9.73. The van der Waals surface area contributed by atoms with E-state index in [1.807, 2.05) is 12.1 Å². The molecule has 0 amide bonds. The second kappa shape index (κ2) is 16.3. The monoisotopic (exact) mass is 738 g/mol. The maximum Gasteiger partial charge on any atom is 0.265 e. The molecule has 6 fully saturated rings. The molecule has 0 aliphatic carbocycles. The van der Waals surface area contributed by atoms with Crippen LogP contribution in [-0.4, -0.2) is 124 Å². The van der Waals surface area contributed by atoms with Crippen molar-refractivity contribution < 1.29 is 0 Å². The Balaban J connectivity index is 1.63. The average molecular weight is 739 g/mol.